The van der Waals surface area contributed by atoms with Crippen LogP contribution in [0.2, 0.25) is 0 Å². The van der Waals surface area contributed by atoms with Crippen LogP contribution in [0.5, 0.6) is 0 Å². The number of rotatable bonds is 3. The molecule has 1 heterocycles. The van der Waals surface area contributed by atoms with Crippen LogP contribution in [-0.4, -0.2) is 30.3 Å². The third-order valence-electron chi connectivity index (χ3n) is 3.84. The maximum atomic E-state index is 11.4. The molecule has 2 nitrogen and oxygen atoms in total. The third-order valence-corrected chi connectivity index (χ3v) is 3.84. The van der Waals surface area contributed by atoms with Crippen LogP contribution >= 0.6 is 0 Å². The zero-order valence-corrected chi connectivity index (χ0v) is 11.4. The molecular weight excluding hydrogens is 198 g/mol. The van der Waals surface area contributed by atoms with Crippen molar-refractivity contribution in [2.45, 2.75) is 53.4 Å². The maximum absolute atomic E-state index is 11.4. The molecule has 2 heteroatoms. The first-order valence-corrected chi connectivity index (χ1v) is 6.67. The Labute approximate surface area is 100 Å². The highest BCUT2D eigenvalue weighted by Gasteiger charge is 2.27. The van der Waals surface area contributed by atoms with Crippen LogP contribution < -0.4 is 0 Å². The Morgan fingerprint density at radius 2 is 1.94 bits per heavy atom. The Morgan fingerprint density at radius 1 is 1.25 bits per heavy atom. The van der Waals surface area contributed by atoms with Crippen LogP contribution in [0.1, 0.15) is 53.4 Å². The lowest BCUT2D eigenvalue weighted by molar-refractivity contribution is -0.119. The number of nitrogens with zero attached hydrogens (tertiary/aromatic N) is 1. The lowest BCUT2D eigenvalue weighted by Gasteiger charge is -2.29. The summed E-state index contributed by atoms with van der Waals surface area (Å²) in [5, 5.41) is 0. The van der Waals surface area contributed by atoms with Gasteiger partial charge in [0, 0.05) is 6.42 Å². The molecule has 0 spiro atoms. The largest absolute Gasteiger partial charge is 0.298 e. The summed E-state index contributed by atoms with van der Waals surface area (Å²) in [6.45, 7) is 11.9. The second-order valence-electron chi connectivity index (χ2n) is 6.16. The van der Waals surface area contributed by atoms with Crippen molar-refractivity contribution >= 4 is 5.78 Å². The number of Topliss-reactive ketones (excluding diaryl/α,β-unsaturated/α-hetero) is 1. The van der Waals surface area contributed by atoms with Crippen LogP contribution in [0.3, 0.4) is 0 Å². The Bertz CT molecular complexity index is 229. The number of carbonyl (C=O) groups is 1. The van der Waals surface area contributed by atoms with Gasteiger partial charge in [0.05, 0.1) is 6.54 Å². The minimum Gasteiger partial charge on any atom is -0.298 e. The van der Waals surface area contributed by atoms with E-state index in [9.17, 15) is 4.79 Å². The molecule has 0 aromatic rings. The number of hydrogen-bond acceptors (Lipinski definition) is 2. The Morgan fingerprint density at radius 3 is 2.50 bits per heavy atom. The SMILES string of the molecule is CCC(=O)CN1CCCC(C(C)(C)C)CC1. The standard InChI is InChI=1S/C14H27NO/c1-5-13(16)11-15-9-6-7-12(8-10-15)14(2,3)4/h12H,5-11H2,1-4H3. The fraction of sp³-hybridized carbons (Fsp3) is 0.929. The normalized spacial score (nSPS) is 24.1. The minimum absolute atomic E-state index is 0.384. The van der Waals surface area contributed by atoms with E-state index in [0.29, 0.717) is 24.2 Å². The van der Waals surface area contributed by atoms with Gasteiger partial charge in [0.1, 0.15) is 5.78 Å². The average molecular weight is 225 g/mol. The molecule has 0 bridgehead atoms. The Balaban J connectivity index is 2.43. The van der Waals surface area contributed by atoms with Crippen molar-refractivity contribution in [1.82, 2.24) is 4.90 Å². The van der Waals surface area contributed by atoms with Gasteiger partial charge in [-0.15, -0.1) is 0 Å². The maximum Gasteiger partial charge on any atom is 0.146 e. The predicted octanol–water partition coefficient (Wildman–Crippen LogP) is 3.11. The van der Waals surface area contributed by atoms with Crippen LogP contribution in [0.4, 0.5) is 0 Å². The lowest BCUT2D eigenvalue weighted by Crippen LogP contribution is -2.31. The molecule has 0 N–H and O–H groups in total. The second kappa shape index (κ2) is 5.81. The summed E-state index contributed by atoms with van der Waals surface area (Å²) in [5.74, 6) is 1.20. The van der Waals surface area contributed by atoms with E-state index in [1.165, 1.54) is 19.3 Å². The summed E-state index contributed by atoms with van der Waals surface area (Å²) >= 11 is 0. The van der Waals surface area contributed by atoms with E-state index >= 15 is 0 Å². The quantitative estimate of drug-likeness (QED) is 0.735. The molecule has 1 aliphatic heterocycles. The Kier molecular flexibility index (Phi) is 4.97. The molecule has 0 amide bonds. The third kappa shape index (κ3) is 4.25. The number of carbonyl (C=O) groups excluding carboxylic acids is 1. The molecule has 0 aromatic heterocycles. The summed E-state index contributed by atoms with van der Waals surface area (Å²) in [4.78, 5) is 13.8. The van der Waals surface area contributed by atoms with Gasteiger partial charge in [-0.25, -0.2) is 0 Å². The predicted molar refractivity (Wildman–Crippen MR) is 68.5 cm³/mol. The first-order valence-electron chi connectivity index (χ1n) is 6.67. The summed E-state index contributed by atoms with van der Waals surface area (Å²) in [6.07, 6.45) is 4.50. The highest BCUT2D eigenvalue weighted by Crippen LogP contribution is 2.34. The summed E-state index contributed by atoms with van der Waals surface area (Å²) in [7, 11) is 0. The molecule has 0 aliphatic carbocycles. The van der Waals surface area contributed by atoms with Crippen molar-refractivity contribution in [1.29, 1.82) is 0 Å². The fourth-order valence-electron chi connectivity index (χ4n) is 2.54. The molecule has 1 rings (SSSR count). The van der Waals surface area contributed by atoms with E-state index in [-0.39, 0.29) is 0 Å². The Hall–Kier alpha value is -0.370. The van der Waals surface area contributed by atoms with Gasteiger partial charge in [-0.2, -0.15) is 0 Å². The van der Waals surface area contributed by atoms with Crippen LogP contribution in [0, 0.1) is 11.3 Å². The van der Waals surface area contributed by atoms with Crippen molar-refractivity contribution in [3.63, 3.8) is 0 Å². The summed E-state index contributed by atoms with van der Waals surface area (Å²) in [5.41, 5.74) is 0.421. The number of likely N-dealkylation sites (tertiary alicyclic amines) is 1. The molecule has 1 fully saturated rings. The minimum atomic E-state index is 0.384. The molecule has 0 saturated carbocycles. The van der Waals surface area contributed by atoms with Gasteiger partial charge >= 0.3 is 0 Å². The zero-order valence-electron chi connectivity index (χ0n) is 11.4. The average Bonchev–Trinajstić information content (AvgIpc) is 2.42. The summed E-state index contributed by atoms with van der Waals surface area (Å²) in [6, 6.07) is 0. The number of ketones is 1. The smallest absolute Gasteiger partial charge is 0.146 e. The van der Waals surface area contributed by atoms with E-state index in [4.69, 9.17) is 0 Å². The van der Waals surface area contributed by atoms with Crippen LogP contribution in [0.15, 0.2) is 0 Å². The van der Waals surface area contributed by atoms with Gasteiger partial charge in [-0.05, 0) is 43.7 Å². The van der Waals surface area contributed by atoms with Crippen molar-refractivity contribution in [3.8, 4) is 0 Å². The molecule has 16 heavy (non-hydrogen) atoms. The van der Waals surface area contributed by atoms with Gasteiger partial charge in [0.2, 0.25) is 0 Å². The van der Waals surface area contributed by atoms with E-state index in [1.54, 1.807) is 0 Å². The van der Waals surface area contributed by atoms with Crippen LogP contribution in [0.25, 0.3) is 0 Å². The topological polar surface area (TPSA) is 20.3 Å². The fourth-order valence-corrected chi connectivity index (χ4v) is 2.54. The highest BCUT2D eigenvalue weighted by molar-refractivity contribution is 5.80. The van der Waals surface area contributed by atoms with Crippen molar-refractivity contribution in [2.75, 3.05) is 19.6 Å². The molecule has 0 aromatic carbocycles. The van der Waals surface area contributed by atoms with Crippen molar-refractivity contribution in [2.24, 2.45) is 11.3 Å². The van der Waals surface area contributed by atoms with E-state index in [1.807, 2.05) is 6.92 Å². The van der Waals surface area contributed by atoms with Crippen molar-refractivity contribution in [3.05, 3.63) is 0 Å². The summed E-state index contributed by atoms with van der Waals surface area (Å²) < 4.78 is 0. The van der Waals surface area contributed by atoms with Gasteiger partial charge in [-0.3, -0.25) is 9.69 Å². The molecule has 1 aliphatic rings. The van der Waals surface area contributed by atoms with Gasteiger partial charge < -0.3 is 0 Å². The number of hydrogen-bond donors (Lipinski definition) is 0. The highest BCUT2D eigenvalue weighted by atomic mass is 16.1. The van der Waals surface area contributed by atoms with Crippen LogP contribution in [-0.2, 0) is 4.79 Å². The molecule has 1 unspecified atom stereocenters. The van der Waals surface area contributed by atoms with Gasteiger partial charge in [0.25, 0.3) is 0 Å². The monoisotopic (exact) mass is 225 g/mol. The molecule has 1 saturated heterocycles. The zero-order chi connectivity index (χ0) is 12.2. The van der Waals surface area contributed by atoms with Gasteiger partial charge in [0.15, 0.2) is 0 Å². The van der Waals surface area contributed by atoms with Gasteiger partial charge in [-0.1, -0.05) is 27.7 Å². The molecule has 94 valence electrons. The molecule has 0 radical (unpaired) electrons. The van der Waals surface area contributed by atoms with E-state index < -0.39 is 0 Å². The first-order chi connectivity index (χ1) is 7.43. The van der Waals surface area contributed by atoms with Crippen molar-refractivity contribution < 1.29 is 4.79 Å². The molecule has 1 atom stereocenters. The van der Waals surface area contributed by atoms with E-state index in [2.05, 4.69) is 25.7 Å². The van der Waals surface area contributed by atoms with E-state index in [0.717, 1.165) is 19.0 Å². The molecular formula is C14H27NO. The lowest BCUT2D eigenvalue weighted by atomic mass is 9.77. The second-order valence-corrected chi connectivity index (χ2v) is 6.16. The first kappa shape index (κ1) is 13.7.